The van der Waals surface area contributed by atoms with Crippen molar-refractivity contribution >= 4 is 24.1 Å². The van der Waals surface area contributed by atoms with Crippen molar-refractivity contribution in [1.82, 2.24) is 0 Å². The number of esters is 1. The molecule has 0 amide bonds. The average Bonchev–Trinajstić information content (AvgIpc) is 3.11. The third-order valence-electron chi connectivity index (χ3n) is 4.87. The van der Waals surface area contributed by atoms with Crippen LogP contribution in [0.15, 0.2) is 84.9 Å². The van der Waals surface area contributed by atoms with E-state index in [4.69, 9.17) is 9.39 Å². The Morgan fingerprint density at radius 1 is 0.893 bits per heavy atom. The highest BCUT2D eigenvalue weighted by Gasteiger charge is 2.39. The van der Waals surface area contributed by atoms with Gasteiger partial charge in [-0.1, -0.05) is 72.8 Å². The summed E-state index contributed by atoms with van der Waals surface area (Å²) in [5.41, 5.74) is 4.91. The van der Waals surface area contributed by atoms with E-state index in [1.807, 2.05) is 72.8 Å². The lowest BCUT2D eigenvalue weighted by atomic mass is 9.72. The van der Waals surface area contributed by atoms with Crippen molar-refractivity contribution in [1.29, 1.82) is 0 Å². The molecule has 0 radical (unpaired) electrons. The minimum atomic E-state index is -1.04. The van der Waals surface area contributed by atoms with Crippen molar-refractivity contribution in [3.8, 4) is 0 Å². The predicted octanol–water partition coefficient (Wildman–Crippen LogP) is 4.18. The first-order valence-corrected chi connectivity index (χ1v) is 9.05. The largest absolute Gasteiger partial charge is 0.492 e. The molecule has 0 fully saturated rings. The van der Waals surface area contributed by atoms with Crippen molar-refractivity contribution in [3.05, 3.63) is 107 Å². The van der Waals surface area contributed by atoms with Gasteiger partial charge in [0.15, 0.2) is 0 Å². The molecule has 0 bridgehead atoms. The molecule has 28 heavy (non-hydrogen) atoms. The Balaban J connectivity index is 1.83. The van der Waals surface area contributed by atoms with E-state index >= 15 is 0 Å². The van der Waals surface area contributed by atoms with Crippen LogP contribution in [0.4, 0.5) is 0 Å². The number of carbonyl (C=O) groups excluding carboxylic acids is 1. The number of methoxy groups -OCH3 is 1. The molecule has 1 heterocycles. The zero-order valence-electron chi connectivity index (χ0n) is 15.4. The van der Waals surface area contributed by atoms with Crippen LogP contribution in [0.25, 0.3) is 11.0 Å². The molecule has 1 unspecified atom stereocenters. The fraction of sp³-hybridized carbons (Fsp3) is 0.0870. The molecule has 138 valence electrons. The molecule has 0 saturated heterocycles. The summed E-state index contributed by atoms with van der Waals surface area (Å²) in [5, 5.41) is 10.7. The van der Waals surface area contributed by atoms with E-state index < -0.39 is 13.2 Å². The summed E-state index contributed by atoms with van der Waals surface area (Å²) in [6.45, 7) is 0. The Kier molecular flexibility index (Phi) is 5.11. The molecule has 3 aromatic carbocycles. The van der Waals surface area contributed by atoms with E-state index in [1.165, 1.54) is 7.11 Å². The fourth-order valence-electron chi connectivity index (χ4n) is 3.54. The van der Waals surface area contributed by atoms with Gasteiger partial charge in [-0.15, -0.1) is 0 Å². The molecule has 0 spiro atoms. The molecular weight excluding hydrogens is 351 g/mol. The molecule has 0 saturated carbocycles. The van der Waals surface area contributed by atoms with Gasteiger partial charge >= 0.3 is 13.1 Å². The quantitative estimate of drug-likeness (QED) is 0.553. The summed E-state index contributed by atoms with van der Waals surface area (Å²) < 4.78 is 10.7. The second-order valence-electron chi connectivity index (χ2n) is 6.54. The highest BCUT2D eigenvalue weighted by atomic mass is 16.5. The van der Waals surface area contributed by atoms with Gasteiger partial charge < -0.3 is 14.4 Å². The summed E-state index contributed by atoms with van der Waals surface area (Å²) in [4.78, 5) is 11.7. The van der Waals surface area contributed by atoms with Crippen LogP contribution in [0.1, 0.15) is 33.2 Å². The third-order valence-corrected chi connectivity index (χ3v) is 4.87. The second-order valence-corrected chi connectivity index (χ2v) is 6.54. The van der Waals surface area contributed by atoms with E-state index in [2.05, 4.69) is 0 Å². The monoisotopic (exact) mass is 370 g/mol. The van der Waals surface area contributed by atoms with Crippen molar-refractivity contribution < 1.29 is 19.2 Å². The first-order valence-electron chi connectivity index (χ1n) is 9.05. The van der Waals surface area contributed by atoms with Crippen LogP contribution in [0.3, 0.4) is 0 Å². The molecule has 3 aromatic rings. The van der Waals surface area contributed by atoms with Crippen molar-refractivity contribution in [2.24, 2.45) is 0 Å². The molecule has 0 aromatic heterocycles. The summed E-state index contributed by atoms with van der Waals surface area (Å²) in [6.07, 6.45) is -0.445. The molecule has 1 N–H and O–H groups in total. The van der Waals surface area contributed by atoms with E-state index in [1.54, 1.807) is 12.1 Å². The lowest BCUT2D eigenvalue weighted by Gasteiger charge is -2.17. The minimum absolute atomic E-state index is 0.386. The van der Waals surface area contributed by atoms with Gasteiger partial charge in [0.1, 0.15) is 0 Å². The van der Waals surface area contributed by atoms with Crippen LogP contribution in [0.5, 0.6) is 0 Å². The molecule has 1 aliphatic rings. The number of rotatable bonds is 4. The highest BCUT2D eigenvalue weighted by molar-refractivity contribution is 6.71. The second kappa shape index (κ2) is 7.84. The topological polar surface area (TPSA) is 55.8 Å². The number of hydrogen-bond acceptors (Lipinski definition) is 4. The van der Waals surface area contributed by atoms with Gasteiger partial charge in [-0.2, -0.15) is 0 Å². The number of benzene rings is 3. The van der Waals surface area contributed by atoms with Gasteiger partial charge in [-0.3, -0.25) is 0 Å². The zero-order valence-corrected chi connectivity index (χ0v) is 15.4. The molecule has 4 rings (SSSR count). The Bertz CT molecular complexity index is 998. The predicted molar refractivity (Wildman–Crippen MR) is 109 cm³/mol. The van der Waals surface area contributed by atoms with Crippen LogP contribution in [-0.4, -0.2) is 25.2 Å². The van der Waals surface area contributed by atoms with E-state index in [-0.39, 0.29) is 5.97 Å². The summed E-state index contributed by atoms with van der Waals surface area (Å²) in [5.74, 6) is -0.386. The van der Waals surface area contributed by atoms with Crippen LogP contribution >= 0.6 is 0 Å². The Morgan fingerprint density at radius 2 is 1.46 bits per heavy atom. The maximum Gasteiger partial charge on any atom is 0.492 e. The lowest BCUT2D eigenvalue weighted by Crippen LogP contribution is -2.15. The van der Waals surface area contributed by atoms with Gasteiger partial charge in [-0.05, 0) is 39.9 Å². The van der Waals surface area contributed by atoms with E-state index in [9.17, 15) is 9.82 Å². The normalized spacial score (nSPS) is 16.4. The molecular formula is C23H19BO4. The Labute approximate surface area is 164 Å². The standard InChI is InChI=1S/C23H19BO4/c1-27-23(25)19-14-12-18(13-15-19)22-20(16-8-4-2-5-9-16)21(24(26)28-22)17-10-6-3-7-11-17/h2-15,22,26H,1H3. The van der Waals surface area contributed by atoms with E-state index in [0.29, 0.717) is 5.56 Å². The van der Waals surface area contributed by atoms with Gasteiger partial charge in [0.2, 0.25) is 0 Å². The average molecular weight is 370 g/mol. The third kappa shape index (κ3) is 3.38. The van der Waals surface area contributed by atoms with Crippen LogP contribution < -0.4 is 0 Å². The van der Waals surface area contributed by atoms with Gasteiger partial charge in [0.05, 0.1) is 18.8 Å². The maximum absolute atomic E-state index is 11.7. The Morgan fingerprint density at radius 3 is 2.04 bits per heavy atom. The minimum Gasteiger partial charge on any atom is -0.465 e. The molecule has 1 aliphatic heterocycles. The smallest absolute Gasteiger partial charge is 0.465 e. The highest BCUT2D eigenvalue weighted by Crippen LogP contribution is 2.45. The van der Waals surface area contributed by atoms with Crippen LogP contribution in [0, 0.1) is 0 Å². The van der Waals surface area contributed by atoms with E-state index in [0.717, 1.165) is 27.7 Å². The Hall–Kier alpha value is -3.15. The van der Waals surface area contributed by atoms with Crippen LogP contribution in [-0.2, 0) is 9.39 Å². The molecule has 5 heteroatoms. The summed E-state index contributed by atoms with van der Waals surface area (Å²) in [6, 6.07) is 26.7. The maximum atomic E-state index is 11.7. The zero-order chi connectivity index (χ0) is 19.5. The summed E-state index contributed by atoms with van der Waals surface area (Å²) in [7, 11) is 0.317. The lowest BCUT2D eigenvalue weighted by molar-refractivity contribution is 0.0600. The van der Waals surface area contributed by atoms with Crippen molar-refractivity contribution in [2.45, 2.75) is 6.10 Å². The van der Waals surface area contributed by atoms with Crippen molar-refractivity contribution in [2.75, 3.05) is 7.11 Å². The first kappa shape index (κ1) is 18.2. The van der Waals surface area contributed by atoms with Gasteiger partial charge in [0, 0.05) is 0 Å². The molecule has 4 nitrogen and oxygen atoms in total. The van der Waals surface area contributed by atoms with Gasteiger partial charge in [-0.25, -0.2) is 4.79 Å². The number of hydrogen-bond donors (Lipinski definition) is 1. The van der Waals surface area contributed by atoms with Crippen LogP contribution in [0.2, 0.25) is 0 Å². The molecule has 1 atom stereocenters. The van der Waals surface area contributed by atoms with Gasteiger partial charge in [0.25, 0.3) is 0 Å². The number of ether oxygens (including phenoxy) is 1. The van der Waals surface area contributed by atoms with Crippen molar-refractivity contribution in [3.63, 3.8) is 0 Å². The summed E-state index contributed by atoms with van der Waals surface area (Å²) >= 11 is 0. The first-order chi connectivity index (χ1) is 13.7. The SMILES string of the molecule is COC(=O)c1ccc(C2OB(O)C(c3ccccc3)=C2c2ccccc2)cc1. The number of carbonyl (C=O) groups is 1. The fourth-order valence-corrected chi connectivity index (χ4v) is 3.54. The molecule has 0 aliphatic carbocycles.